The molecule has 144 valence electrons. The minimum atomic E-state index is 0.165. The lowest BCUT2D eigenvalue weighted by Gasteiger charge is -2.51. The number of carbonyl (C=O) groups excluding carboxylic acids is 1. The fraction of sp³-hybridized carbons (Fsp3) is 0.500. The molecule has 0 aliphatic carbocycles. The molecule has 2 saturated heterocycles. The topological polar surface area (TPSA) is 31.7 Å². The van der Waals surface area contributed by atoms with Crippen LogP contribution in [0.5, 0.6) is 0 Å². The molecule has 1 atom stereocenters. The molecule has 0 radical (unpaired) electrons. The van der Waals surface area contributed by atoms with Crippen molar-refractivity contribution in [2.24, 2.45) is 18.4 Å². The molecule has 1 aromatic heterocycles. The summed E-state index contributed by atoms with van der Waals surface area (Å²) >= 11 is 0. The first kappa shape index (κ1) is 18.3. The standard InChI is InChI=1S/C22H30N4O/c1-23(2)13-19-14-25(12-18-8-5-4-6-9-18)15-22(19)16-26(17-22)21(27)20-10-7-11-24(20)3/h4-11,19H,12-17H2,1-3H3. The summed E-state index contributed by atoms with van der Waals surface area (Å²) in [5, 5.41) is 0. The van der Waals surface area contributed by atoms with Gasteiger partial charge in [0.2, 0.25) is 0 Å². The van der Waals surface area contributed by atoms with Gasteiger partial charge in [0.05, 0.1) is 0 Å². The van der Waals surface area contributed by atoms with Crippen molar-refractivity contribution >= 4 is 5.91 Å². The van der Waals surface area contributed by atoms with Gasteiger partial charge < -0.3 is 14.4 Å². The molecule has 1 aromatic carbocycles. The van der Waals surface area contributed by atoms with Gasteiger partial charge >= 0.3 is 0 Å². The number of amides is 1. The third-order valence-corrected chi connectivity index (χ3v) is 6.18. The van der Waals surface area contributed by atoms with Crippen LogP contribution in [0.2, 0.25) is 0 Å². The van der Waals surface area contributed by atoms with Crippen LogP contribution in [-0.2, 0) is 13.6 Å². The number of likely N-dealkylation sites (tertiary alicyclic amines) is 2. The summed E-state index contributed by atoms with van der Waals surface area (Å²) in [5.41, 5.74) is 2.39. The van der Waals surface area contributed by atoms with Crippen molar-refractivity contribution in [3.05, 3.63) is 59.9 Å². The lowest BCUT2D eigenvalue weighted by atomic mass is 9.71. The number of aryl methyl sites for hydroxylation is 1. The summed E-state index contributed by atoms with van der Waals surface area (Å²) in [7, 11) is 6.24. The lowest BCUT2D eigenvalue weighted by Crippen LogP contribution is -2.63. The highest BCUT2D eigenvalue weighted by atomic mass is 16.2. The third kappa shape index (κ3) is 3.54. The van der Waals surface area contributed by atoms with Gasteiger partial charge in [0.25, 0.3) is 5.91 Å². The molecule has 2 fully saturated rings. The van der Waals surface area contributed by atoms with Crippen molar-refractivity contribution in [2.75, 3.05) is 46.8 Å². The molecule has 3 heterocycles. The number of nitrogens with zero attached hydrogens (tertiary/aromatic N) is 4. The average molecular weight is 367 g/mol. The zero-order valence-corrected chi connectivity index (χ0v) is 16.6. The molecule has 2 aliphatic rings. The van der Waals surface area contributed by atoms with Gasteiger partial charge in [-0.05, 0) is 37.7 Å². The van der Waals surface area contributed by atoms with Gasteiger partial charge in [0.15, 0.2) is 0 Å². The molecular formula is C22H30N4O. The first-order valence-electron chi connectivity index (χ1n) is 9.78. The molecule has 0 N–H and O–H groups in total. The Kier molecular flexibility index (Phi) is 4.82. The maximum Gasteiger partial charge on any atom is 0.270 e. The molecule has 0 bridgehead atoms. The maximum absolute atomic E-state index is 12.8. The summed E-state index contributed by atoms with van der Waals surface area (Å²) < 4.78 is 1.92. The van der Waals surface area contributed by atoms with Crippen LogP contribution < -0.4 is 0 Å². The number of hydrogen-bond acceptors (Lipinski definition) is 3. The Morgan fingerprint density at radius 1 is 1.11 bits per heavy atom. The van der Waals surface area contributed by atoms with Crippen LogP contribution >= 0.6 is 0 Å². The van der Waals surface area contributed by atoms with Crippen LogP contribution in [0.25, 0.3) is 0 Å². The zero-order chi connectivity index (χ0) is 19.0. The number of benzene rings is 1. The predicted octanol–water partition coefficient (Wildman–Crippen LogP) is 2.16. The van der Waals surface area contributed by atoms with Crippen molar-refractivity contribution in [1.29, 1.82) is 0 Å². The summed E-state index contributed by atoms with van der Waals surface area (Å²) in [5.74, 6) is 0.770. The normalized spacial score (nSPS) is 21.8. The van der Waals surface area contributed by atoms with E-state index in [4.69, 9.17) is 0 Å². The Balaban J connectivity index is 1.45. The van der Waals surface area contributed by atoms with E-state index in [9.17, 15) is 4.79 Å². The Bertz CT molecular complexity index is 792. The van der Waals surface area contributed by atoms with Crippen molar-refractivity contribution in [3.8, 4) is 0 Å². The van der Waals surface area contributed by atoms with Crippen LogP contribution in [0, 0.1) is 11.3 Å². The molecule has 5 heteroatoms. The minimum Gasteiger partial charge on any atom is -0.347 e. The highest BCUT2D eigenvalue weighted by Gasteiger charge is 2.55. The van der Waals surface area contributed by atoms with Crippen LogP contribution in [0.15, 0.2) is 48.7 Å². The number of aromatic nitrogens is 1. The van der Waals surface area contributed by atoms with E-state index in [-0.39, 0.29) is 11.3 Å². The van der Waals surface area contributed by atoms with Crippen molar-refractivity contribution < 1.29 is 4.79 Å². The monoisotopic (exact) mass is 366 g/mol. The lowest BCUT2D eigenvalue weighted by molar-refractivity contribution is -0.0160. The summed E-state index contributed by atoms with van der Waals surface area (Å²) in [6, 6.07) is 14.6. The molecular weight excluding hydrogens is 336 g/mol. The van der Waals surface area contributed by atoms with Crippen molar-refractivity contribution in [3.63, 3.8) is 0 Å². The van der Waals surface area contributed by atoms with E-state index < -0.39 is 0 Å². The van der Waals surface area contributed by atoms with E-state index in [1.165, 1.54) is 5.56 Å². The second kappa shape index (κ2) is 7.13. The predicted molar refractivity (Wildman–Crippen MR) is 108 cm³/mol. The van der Waals surface area contributed by atoms with Gasteiger partial charge in [-0.1, -0.05) is 30.3 Å². The minimum absolute atomic E-state index is 0.165. The molecule has 4 rings (SSSR count). The number of hydrogen-bond donors (Lipinski definition) is 0. The van der Waals surface area contributed by atoms with Crippen molar-refractivity contribution in [2.45, 2.75) is 6.54 Å². The van der Waals surface area contributed by atoms with E-state index in [1.807, 2.05) is 34.8 Å². The van der Waals surface area contributed by atoms with Gasteiger partial charge in [-0.3, -0.25) is 9.69 Å². The van der Waals surface area contributed by atoms with Crippen LogP contribution in [0.1, 0.15) is 16.1 Å². The Morgan fingerprint density at radius 3 is 2.48 bits per heavy atom. The molecule has 1 unspecified atom stereocenters. The van der Waals surface area contributed by atoms with Crippen LogP contribution in [0.4, 0.5) is 0 Å². The van der Waals surface area contributed by atoms with E-state index in [0.29, 0.717) is 5.92 Å². The summed E-state index contributed by atoms with van der Waals surface area (Å²) in [6.45, 7) is 6.02. The van der Waals surface area contributed by atoms with Gasteiger partial charge in [-0.25, -0.2) is 0 Å². The number of rotatable bonds is 5. The zero-order valence-electron chi connectivity index (χ0n) is 16.6. The summed E-state index contributed by atoms with van der Waals surface area (Å²) in [6.07, 6.45) is 1.94. The van der Waals surface area contributed by atoms with Gasteiger partial charge in [0, 0.05) is 57.9 Å². The molecule has 1 amide bonds. The number of carbonyl (C=O) groups is 1. The van der Waals surface area contributed by atoms with Crippen LogP contribution in [-0.4, -0.2) is 72.0 Å². The second-order valence-electron chi connectivity index (χ2n) is 8.64. The Hall–Kier alpha value is -2.11. The van der Waals surface area contributed by atoms with E-state index in [0.717, 1.165) is 45.0 Å². The van der Waals surface area contributed by atoms with Gasteiger partial charge in [0.1, 0.15) is 5.69 Å². The summed E-state index contributed by atoms with van der Waals surface area (Å²) in [4.78, 5) is 19.7. The molecule has 5 nitrogen and oxygen atoms in total. The van der Waals surface area contributed by atoms with Crippen LogP contribution in [0.3, 0.4) is 0 Å². The van der Waals surface area contributed by atoms with Gasteiger partial charge in [-0.15, -0.1) is 0 Å². The first-order chi connectivity index (χ1) is 13.0. The largest absolute Gasteiger partial charge is 0.347 e. The van der Waals surface area contributed by atoms with E-state index in [1.54, 1.807) is 0 Å². The SMILES string of the molecule is CN(C)CC1CN(Cc2ccccc2)CC12CN(C(=O)c1cccn1C)C2. The van der Waals surface area contributed by atoms with Crippen molar-refractivity contribution in [1.82, 2.24) is 19.3 Å². The van der Waals surface area contributed by atoms with Gasteiger partial charge in [-0.2, -0.15) is 0 Å². The fourth-order valence-corrected chi connectivity index (χ4v) is 4.86. The second-order valence-corrected chi connectivity index (χ2v) is 8.64. The molecule has 2 aliphatic heterocycles. The molecule has 27 heavy (non-hydrogen) atoms. The third-order valence-electron chi connectivity index (χ3n) is 6.18. The average Bonchev–Trinajstić information content (AvgIpc) is 3.17. The maximum atomic E-state index is 12.8. The fourth-order valence-electron chi connectivity index (χ4n) is 4.86. The Morgan fingerprint density at radius 2 is 1.85 bits per heavy atom. The quantitative estimate of drug-likeness (QED) is 0.813. The molecule has 2 aromatic rings. The highest BCUT2D eigenvalue weighted by Crippen LogP contribution is 2.45. The molecule has 1 spiro atoms. The van der Waals surface area contributed by atoms with E-state index in [2.05, 4.69) is 54.2 Å². The van der Waals surface area contributed by atoms with E-state index >= 15 is 0 Å². The smallest absolute Gasteiger partial charge is 0.270 e. The molecule has 0 saturated carbocycles. The highest BCUT2D eigenvalue weighted by molar-refractivity contribution is 5.93. The Labute approximate surface area is 162 Å². The first-order valence-corrected chi connectivity index (χ1v) is 9.78.